The van der Waals surface area contributed by atoms with Crippen LogP contribution in [0.5, 0.6) is 5.75 Å². The van der Waals surface area contributed by atoms with Crippen LogP contribution in [-0.2, 0) is 4.79 Å². The lowest BCUT2D eigenvalue weighted by atomic mass is 9.95. The van der Waals surface area contributed by atoms with E-state index in [1.54, 1.807) is 18.2 Å². The number of nitrogens with one attached hydrogen (secondary N) is 3. The quantitative estimate of drug-likeness (QED) is 0.147. The molecule has 3 amide bonds. The molecule has 0 saturated carbocycles. The van der Waals surface area contributed by atoms with E-state index in [4.69, 9.17) is 21.3 Å². The number of halogens is 1. The number of piperazine rings is 1. The molecule has 3 saturated heterocycles. The topological polar surface area (TPSA) is 118 Å². The van der Waals surface area contributed by atoms with Crippen LogP contribution in [0.25, 0.3) is 0 Å². The van der Waals surface area contributed by atoms with Gasteiger partial charge in [-0.05, 0) is 79.9 Å². The number of imide groups is 1. The normalized spacial score (nSPS) is 17.3. The van der Waals surface area contributed by atoms with Gasteiger partial charge in [0.05, 0.1) is 19.0 Å². The van der Waals surface area contributed by atoms with Gasteiger partial charge in [-0.3, -0.25) is 19.9 Å². The molecule has 0 atom stereocenters. The highest BCUT2D eigenvalue weighted by Crippen LogP contribution is 2.35. The number of aromatic nitrogens is 2. The Kier molecular flexibility index (Phi) is 11.5. The van der Waals surface area contributed by atoms with Crippen molar-refractivity contribution >= 4 is 77.0 Å². The van der Waals surface area contributed by atoms with Crippen molar-refractivity contribution in [1.82, 2.24) is 20.2 Å². The highest BCUT2D eigenvalue weighted by atomic mass is 35.5. The Hall–Kier alpha value is -4.64. The van der Waals surface area contributed by atoms with Gasteiger partial charge in [0.15, 0.2) is 5.82 Å². The maximum Gasteiger partial charge on any atom is 0.328 e. The first-order valence-corrected chi connectivity index (χ1v) is 20.8. The van der Waals surface area contributed by atoms with Crippen molar-refractivity contribution in [3.63, 3.8) is 0 Å². The zero-order valence-corrected chi connectivity index (χ0v) is 32.2. The van der Waals surface area contributed by atoms with E-state index < -0.39 is 0 Å². The summed E-state index contributed by atoms with van der Waals surface area (Å²) in [6.45, 7) is 12.0. The summed E-state index contributed by atoms with van der Waals surface area (Å²) in [4.78, 5) is 41.9. The van der Waals surface area contributed by atoms with Crippen molar-refractivity contribution in [3.05, 3.63) is 77.9 Å². The number of hydrogen-bond acceptors (Lipinski definition) is 10. The van der Waals surface area contributed by atoms with Gasteiger partial charge in [0, 0.05) is 87.6 Å². The summed E-state index contributed by atoms with van der Waals surface area (Å²) < 4.78 is 5.82. The molecule has 3 aromatic carbocycles. The van der Waals surface area contributed by atoms with Crippen LogP contribution in [0.1, 0.15) is 19.3 Å². The van der Waals surface area contributed by atoms with Gasteiger partial charge in [-0.15, -0.1) is 0 Å². The lowest BCUT2D eigenvalue weighted by molar-refractivity contribution is -0.120. The number of methoxy groups -OCH3 is 1. The van der Waals surface area contributed by atoms with Crippen molar-refractivity contribution < 1.29 is 14.3 Å². The molecule has 7 rings (SSSR count). The summed E-state index contributed by atoms with van der Waals surface area (Å²) in [6, 6.07) is 22.3. The predicted octanol–water partition coefficient (Wildman–Crippen LogP) is 6.48. The maximum atomic E-state index is 12.2. The molecule has 3 aliphatic heterocycles. The maximum absolute atomic E-state index is 12.2. The van der Waals surface area contributed by atoms with Crippen LogP contribution >= 0.6 is 19.5 Å². The number of nitrogens with zero attached hydrogens (tertiary/aromatic N) is 6. The summed E-state index contributed by atoms with van der Waals surface area (Å²) in [6.07, 6.45) is 4.25. The Labute approximate surface area is 317 Å². The first-order chi connectivity index (χ1) is 25.7. The molecule has 14 heteroatoms. The van der Waals surface area contributed by atoms with Crippen LogP contribution in [0.15, 0.2) is 72.9 Å². The molecule has 3 aliphatic rings. The Balaban J connectivity index is 0.892. The number of benzene rings is 3. The third-order valence-corrected chi connectivity index (χ3v) is 11.9. The van der Waals surface area contributed by atoms with Gasteiger partial charge in [0.2, 0.25) is 11.9 Å². The minimum atomic E-state index is -0.349. The van der Waals surface area contributed by atoms with E-state index in [0.29, 0.717) is 35.7 Å². The smallest absolute Gasteiger partial charge is 0.328 e. The number of rotatable bonds is 11. The molecule has 3 N–H and O–H groups in total. The zero-order valence-electron chi connectivity index (χ0n) is 30.5. The minimum Gasteiger partial charge on any atom is -0.494 e. The van der Waals surface area contributed by atoms with Crippen molar-refractivity contribution in [2.24, 2.45) is 5.92 Å². The van der Waals surface area contributed by atoms with Gasteiger partial charge in [0.25, 0.3) is 0 Å². The molecular weight excluding hydrogens is 709 g/mol. The monoisotopic (exact) mass is 755 g/mol. The molecule has 278 valence electrons. The second-order valence-electron chi connectivity index (χ2n) is 13.9. The van der Waals surface area contributed by atoms with Gasteiger partial charge in [0.1, 0.15) is 10.8 Å². The van der Waals surface area contributed by atoms with Crippen LogP contribution in [0, 0.1) is 5.92 Å². The van der Waals surface area contributed by atoms with Gasteiger partial charge in [-0.25, -0.2) is 9.78 Å². The molecule has 3 fully saturated rings. The number of urea groups is 1. The van der Waals surface area contributed by atoms with E-state index in [1.165, 1.54) is 11.0 Å². The molecule has 12 nitrogen and oxygen atoms in total. The Morgan fingerprint density at radius 3 is 2.26 bits per heavy atom. The largest absolute Gasteiger partial charge is 0.494 e. The standard InChI is InChI=1S/C39H47ClN9O3P/c1-52-34-24-30(12-13-32(34)43-38-41-25-31(40)37(45-38)42-33-6-4-5-7-35(33)53(2)3)48-22-20-46(21-23-48)26-27-14-17-47(18-15-27)28-8-10-29(11-9-28)49-19-16-36(50)44-39(49)51/h4-13,24-25,27H,14-23,26H2,1-3H3,(H,44,50,51)(H2,41,42,43,45). The van der Waals surface area contributed by atoms with Gasteiger partial charge >= 0.3 is 6.03 Å². The van der Waals surface area contributed by atoms with Crippen LogP contribution in [0.2, 0.25) is 5.02 Å². The SMILES string of the molecule is COc1cc(N2CCN(CC3CCN(c4ccc(N5CCC(=O)NC5=O)cc4)CC3)CC2)ccc1Nc1ncc(Cl)c(Nc2ccccc2P(C)C)n1. The van der Waals surface area contributed by atoms with E-state index in [1.807, 2.05) is 30.3 Å². The summed E-state index contributed by atoms with van der Waals surface area (Å²) in [5.74, 6) is 2.15. The molecule has 4 heterocycles. The average Bonchev–Trinajstić information content (AvgIpc) is 3.17. The molecule has 0 unspecified atom stereocenters. The van der Waals surface area contributed by atoms with Crippen molar-refractivity contribution in [2.45, 2.75) is 19.3 Å². The average molecular weight is 756 g/mol. The third-order valence-electron chi connectivity index (χ3n) is 10.3. The molecule has 4 aromatic rings. The van der Waals surface area contributed by atoms with E-state index >= 15 is 0 Å². The summed E-state index contributed by atoms with van der Waals surface area (Å²) >= 11 is 6.51. The van der Waals surface area contributed by atoms with Crippen LogP contribution < -0.4 is 40.7 Å². The molecule has 0 spiro atoms. The Morgan fingerprint density at radius 1 is 0.849 bits per heavy atom. The fourth-order valence-corrected chi connectivity index (χ4v) is 8.43. The van der Waals surface area contributed by atoms with E-state index in [-0.39, 0.29) is 19.9 Å². The van der Waals surface area contributed by atoms with Crippen molar-refractivity contribution in [2.75, 3.05) is 98.1 Å². The molecule has 0 aliphatic carbocycles. The number of carbonyl (C=O) groups excluding carboxylic acids is 2. The number of carbonyl (C=O) groups is 2. The van der Waals surface area contributed by atoms with Crippen molar-refractivity contribution in [3.8, 4) is 5.75 Å². The molecule has 53 heavy (non-hydrogen) atoms. The third kappa shape index (κ3) is 8.78. The second-order valence-corrected chi connectivity index (χ2v) is 16.6. The first-order valence-electron chi connectivity index (χ1n) is 18.2. The number of piperidine rings is 1. The van der Waals surface area contributed by atoms with Gasteiger partial charge in [-0.2, -0.15) is 4.98 Å². The highest BCUT2D eigenvalue weighted by molar-refractivity contribution is 7.64. The number of hydrogen-bond donors (Lipinski definition) is 3. The number of para-hydroxylation sites is 1. The van der Waals surface area contributed by atoms with Gasteiger partial charge < -0.3 is 25.2 Å². The Bertz CT molecular complexity index is 1910. The Morgan fingerprint density at radius 2 is 1.55 bits per heavy atom. The molecule has 0 radical (unpaired) electrons. The van der Waals surface area contributed by atoms with Crippen molar-refractivity contribution in [1.29, 1.82) is 0 Å². The molecule has 0 bridgehead atoms. The molecular formula is C39H47ClN9O3P. The highest BCUT2D eigenvalue weighted by Gasteiger charge is 2.27. The van der Waals surface area contributed by atoms with E-state index in [0.717, 1.165) is 87.2 Å². The summed E-state index contributed by atoms with van der Waals surface area (Å²) in [5, 5.41) is 10.8. The number of ether oxygens (including phenoxy) is 1. The molecule has 1 aromatic heterocycles. The summed E-state index contributed by atoms with van der Waals surface area (Å²) in [5.41, 5.74) is 4.90. The fraction of sp³-hybridized carbons (Fsp3) is 0.385. The minimum absolute atomic E-state index is 0.217. The van der Waals surface area contributed by atoms with E-state index in [9.17, 15) is 9.59 Å². The van der Waals surface area contributed by atoms with Crippen LogP contribution in [0.4, 0.5) is 45.0 Å². The predicted molar refractivity (Wildman–Crippen MR) is 217 cm³/mol. The second kappa shape index (κ2) is 16.6. The number of amides is 3. The van der Waals surface area contributed by atoms with E-state index in [2.05, 4.69) is 85.4 Å². The first kappa shape index (κ1) is 36.7. The van der Waals surface area contributed by atoms with Crippen LogP contribution in [0.3, 0.4) is 0 Å². The zero-order chi connectivity index (χ0) is 36.9. The van der Waals surface area contributed by atoms with Crippen LogP contribution in [-0.4, -0.2) is 99.6 Å². The summed E-state index contributed by atoms with van der Waals surface area (Å²) in [7, 11) is 1.37. The lowest BCUT2D eigenvalue weighted by Gasteiger charge is -2.40. The van der Waals surface area contributed by atoms with Gasteiger partial charge in [-0.1, -0.05) is 37.7 Å². The lowest BCUT2D eigenvalue weighted by Crippen LogP contribution is -2.49. The fourth-order valence-electron chi connectivity index (χ4n) is 7.29. The number of anilines is 7.